The summed E-state index contributed by atoms with van der Waals surface area (Å²) in [6, 6.07) is 2.42. The summed E-state index contributed by atoms with van der Waals surface area (Å²) >= 11 is 0. The van der Waals surface area contributed by atoms with Gasteiger partial charge in [0, 0.05) is 19.7 Å². The van der Waals surface area contributed by atoms with Gasteiger partial charge in [-0.1, -0.05) is 6.92 Å². The molecule has 0 radical (unpaired) electrons. The normalized spacial score (nSPS) is 20.5. The van der Waals surface area contributed by atoms with Crippen molar-refractivity contribution in [3.8, 4) is 6.07 Å². The number of nitrogens with zero attached hydrogens (tertiary/aromatic N) is 2. The first kappa shape index (κ1) is 16.4. The minimum absolute atomic E-state index is 0.349. The van der Waals surface area contributed by atoms with Gasteiger partial charge in [0.1, 0.15) is 5.54 Å². The molecule has 1 rings (SSSR count). The highest BCUT2D eigenvalue weighted by Crippen LogP contribution is 2.13. The van der Waals surface area contributed by atoms with E-state index in [-0.39, 0.29) is 5.54 Å². The monoisotopic (exact) mass is 267 g/mol. The van der Waals surface area contributed by atoms with Crippen LogP contribution in [0.1, 0.15) is 46.0 Å². The summed E-state index contributed by atoms with van der Waals surface area (Å²) in [4.78, 5) is 2.48. The minimum atomic E-state index is -0.349. The Bertz CT molecular complexity index is 269. The third-order valence-electron chi connectivity index (χ3n) is 3.73. The molecule has 4 heteroatoms. The van der Waals surface area contributed by atoms with Crippen molar-refractivity contribution in [2.75, 3.05) is 39.4 Å². The molecule has 0 amide bonds. The number of unbranched alkanes of at least 4 members (excludes halogenated alkanes) is 1. The molecule has 110 valence electrons. The van der Waals surface area contributed by atoms with Crippen LogP contribution in [0, 0.1) is 11.3 Å². The molecule has 1 heterocycles. The molecule has 0 aromatic heterocycles. The SMILES string of the molecule is CCCNC(C)(C#N)CCCCN1CCCOCC1. The van der Waals surface area contributed by atoms with E-state index in [1.54, 1.807) is 0 Å². The Kier molecular flexibility index (Phi) is 8.04. The lowest BCUT2D eigenvalue weighted by Gasteiger charge is -2.24. The molecule has 1 saturated heterocycles. The summed E-state index contributed by atoms with van der Waals surface area (Å²) in [7, 11) is 0. The van der Waals surface area contributed by atoms with Crippen LogP contribution in [0.3, 0.4) is 0 Å². The Labute approximate surface area is 118 Å². The van der Waals surface area contributed by atoms with Crippen molar-refractivity contribution in [2.24, 2.45) is 0 Å². The number of rotatable bonds is 8. The molecule has 1 N–H and O–H groups in total. The van der Waals surface area contributed by atoms with Crippen LogP contribution >= 0.6 is 0 Å². The molecule has 1 fully saturated rings. The van der Waals surface area contributed by atoms with Gasteiger partial charge < -0.3 is 9.64 Å². The van der Waals surface area contributed by atoms with Crippen LogP contribution in [-0.4, -0.2) is 49.8 Å². The van der Waals surface area contributed by atoms with Gasteiger partial charge in [-0.25, -0.2) is 0 Å². The van der Waals surface area contributed by atoms with E-state index in [0.29, 0.717) is 0 Å². The second-order valence-corrected chi connectivity index (χ2v) is 5.64. The smallest absolute Gasteiger partial charge is 0.103 e. The van der Waals surface area contributed by atoms with Crippen molar-refractivity contribution in [2.45, 2.75) is 51.5 Å². The van der Waals surface area contributed by atoms with Gasteiger partial charge in [0.25, 0.3) is 0 Å². The second kappa shape index (κ2) is 9.30. The molecule has 1 unspecified atom stereocenters. The Morgan fingerprint density at radius 1 is 1.32 bits per heavy atom. The number of nitriles is 1. The first-order valence-corrected chi connectivity index (χ1v) is 7.66. The molecule has 0 bridgehead atoms. The van der Waals surface area contributed by atoms with Crippen LogP contribution in [0.5, 0.6) is 0 Å². The molecule has 1 aliphatic rings. The fraction of sp³-hybridized carbons (Fsp3) is 0.933. The van der Waals surface area contributed by atoms with E-state index in [1.165, 1.54) is 6.42 Å². The fourth-order valence-corrected chi connectivity index (χ4v) is 2.42. The van der Waals surface area contributed by atoms with E-state index >= 15 is 0 Å². The highest BCUT2D eigenvalue weighted by atomic mass is 16.5. The molecule has 0 aromatic rings. The van der Waals surface area contributed by atoms with Gasteiger partial charge in [-0.3, -0.25) is 5.32 Å². The van der Waals surface area contributed by atoms with Crippen molar-refractivity contribution in [3.63, 3.8) is 0 Å². The van der Waals surface area contributed by atoms with Gasteiger partial charge in [-0.15, -0.1) is 0 Å². The Balaban J connectivity index is 2.16. The Morgan fingerprint density at radius 2 is 2.16 bits per heavy atom. The zero-order valence-corrected chi connectivity index (χ0v) is 12.6. The third kappa shape index (κ3) is 6.91. The van der Waals surface area contributed by atoms with Crippen LogP contribution < -0.4 is 5.32 Å². The van der Waals surface area contributed by atoms with E-state index in [9.17, 15) is 5.26 Å². The maximum absolute atomic E-state index is 9.26. The number of hydrogen-bond acceptors (Lipinski definition) is 4. The van der Waals surface area contributed by atoms with Crippen molar-refractivity contribution in [3.05, 3.63) is 0 Å². The lowest BCUT2D eigenvalue weighted by molar-refractivity contribution is 0.141. The lowest BCUT2D eigenvalue weighted by atomic mass is 9.96. The van der Waals surface area contributed by atoms with E-state index in [4.69, 9.17) is 4.74 Å². The Morgan fingerprint density at radius 3 is 2.89 bits per heavy atom. The summed E-state index contributed by atoms with van der Waals surface area (Å²) in [6.07, 6.45) is 5.44. The van der Waals surface area contributed by atoms with E-state index in [1.807, 2.05) is 6.92 Å². The van der Waals surface area contributed by atoms with E-state index < -0.39 is 0 Å². The average molecular weight is 267 g/mol. The molecular formula is C15H29N3O. The van der Waals surface area contributed by atoms with Crippen LogP contribution in [0.2, 0.25) is 0 Å². The maximum atomic E-state index is 9.26. The molecule has 0 aliphatic carbocycles. The van der Waals surface area contributed by atoms with Gasteiger partial charge in [0.2, 0.25) is 0 Å². The predicted molar refractivity (Wildman–Crippen MR) is 78.0 cm³/mol. The van der Waals surface area contributed by atoms with E-state index in [2.05, 4.69) is 23.2 Å². The molecule has 0 aromatic carbocycles. The highest BCUT2D eigenvalue weighted by molar-refractivity contribution is 5.03. The van der Waals surface area contributed by atoms with Crippen LogP contribution in [-0.2, 0) is 4.74 Å². The first-order chi connectivity index (χ1) is 9.20. The molecule has 4 nitrogen and oxygen atoms in total. The van der Waals surface area contributed by atoms with Gasteiger partial charge in [0.05, 0.1) is 12.7 Å². The number of nitrogens with one attached hydrogen (secondary N) is 1. The molecule has 0 saturated carbocycles. The zero-order chi connectivity index (χ0) is 14.0. The third-order valence-corrected chi connectivity index (χ3v) is 3.73. The first-order valence-electron chi connectivity index (χ1n) is 7.66. The summed E-state index contributed by atoms with van der Waals surface area (Å²) in [5.41, 5.74) is -0.349. The average Bonchev–Trinajstić information content (AvgIpc) is 2.70. The summed E-state index contributed by atoms with van der Waals surface area (Å²) < 4.78 is 5.45. The highest BCUT2D eigenvalue weighted by Gasteiger charge is 2.21. The lowest BCUT2D eigenvalue weighted by Crippen LogP contribution is -2.41. The topological polar surface area (TPSA) is 48.3 Å². The van der Waals surface area contributed by atoms with Crippen LogP contribution in [0.15, 0.2) is 0 Å². The predicted octanol–water partition coefficient (Wildman–Crippen LogP) is 2.16. The van der Waals surface area contributed by atoms with Crippen molar-refractivity contribution >= 4 is 0 Å². The molecule has 1 aliphatic heterocycles. The van der Waals surface area contributed by atoms with Gasteiger partial charge >= 0.3 is 0 Å². The largest absolute Gasteiger partial charge is 0.380 e. The minimum Gasteiger partial charge on any atom is -0.380 e. The molecular weight excluding hydrogens is 238 g/mol. The fourth-order valence-electron chi connectivity index (χ4n) is 2.42. The molecule has 1 atom stereocenters. The summed E-state index contributed by atoms with van der Waals surface area (Å²) in [6.45, 7) is 10.2. The van der Waals surface area contributed by atoms with Crippen molar-refractivity contribution in [1.82, 2.24) is 10.2 Å². The van der Waals surface area contributed by atoms with Crippen LogP contribution in [0.25, 0.3) is 0 Å². The second-order valence-electron chi connectivity index (χ2n) is 5.64. The summed E-state index contributed by atoms with van der Waals surface area (Å²) in [5, 5.41) is 12.6. The van der Waals surface area contributed by atoms with Gasteiger partial charge in [-0.2, -0.15) is 5.26 Å². The van der Waals surface area contributed by atoms with Crippen LogP contribution in [0.4, 0.5) is 0 Å². The maximum Gasteiger partial charge on any atom is 0.103 e. The van der Waals surface area contributed by atoms with Crippen molar-refractivity contribution < 1.29 is 4.74 Å². The standard InChI is InChI=1S/C15H29N3O/c1-3-8-17-15(2,14-16)7-4-5-9-18-10-6-12-19-13-11-18/h17H,3-13H2,1-2H3. The zero-order valence-electron chi connectivity index (χ0n) is 12.6. The molecule has 0 spiro atoms. The van der Waals surface area contributed by atoms with E-state index in [0.717, 1.165) is 65.1 Å². The van der Waals surface area contributed by atoms with Gasteiger partial charge in [-0.05, 0) is 52.1 Å². The quantitative estimate of drug-likeness (QED) is 0.685. The number of hydrogen-bond donors (Lipinski definition) is 1. The Hall–Kier alpha value is -0.630. The summed E-state index contributed by atoms with van der Waals surface area (Å²) in [5.74, 6) is 0. The van der Waals surface area contributed by atoms with Crippen molar-refractivity contribution in [1.29, 1.82) is 5.26 Å². The number of ether oxygens (including phenoxy) is 1. The molecule has 19 heavy (non-hydrogen) atoms. The van der Waals surface area contributed by atoms with Gasteiger partial charge in [0.15, 0.2) is 0 Å².